The third kappa shape index (κ3) is 3.76. The molecule has 1 amide bonds. The average Bonchev–Trinajstić information content (AvgIpc) is 3.27. The predicted molar refractivity (Wildman–Crippen MR) is 116 cm³/mol. The van der Waals surface area contributed by atoms with Crippen molar-refractivity contribution in [2.24, 2.45) is 0 Å². The molecule has 3 aromatic heterocycles. The maximum atomic E-state index is 12.9. The Bertz CT molecular complexity index is 1350. The minimum Gasteiger partial charge on any atom is -0.355 e. The van der Waals surface area contributed by atoms with Gasteiger partial charge in [-0.25, -0.2) is 0 Å². The van der Waals surface area contributed by atoms with Crippen LogP contribution < -0.4 is 5.32 Å². The van der Waals surface area contributed by atoms with Gasteiger partial charge in [0.2, 0.25) is 0 Å². The summed E-state index contributed by atoms with van der Waals surface area (Å²) < 4.78 is 5.52. The summed E-state index contributed by atoms with van der Waals surface area (Å²) in [4.78, 5) is 25.8. The van der Waals surface area contributed by atoms with Crippen LogP contribution in [-0.2, 0) is 6.54 Å². The van der Waals surface area contributed by atoms with Crippen LogP contribution in [0.5, 0.6) is 0 Å². The predicted octanol–water partition coefficient (Wildman–Crippen LogP) is 4.28. The first-order valence-corrected chi connectivity index (χ1v) is 9.73. The number of hydrogen-bond acceptors (Lipinski definition) is 6. The number of hydrogen-bond donors (Lipinski definition) is 1. The van der Waals surface area contributed by atoms with E-state index < -0.39 is 0 Å². The molecule has 0 bridgehead atoms. The van der Waals surface area contributed by atoms with Crippen LogP contribution in [0.4, 0.5) is 0 Å². The number of fused-ring (bicyclic) bond motifs is 1. The lowest BCUT2D eigenvalue weighted by molar-refractivity contribution is 0.0950. The minimum atomic E-state index is -0.218. The molecule has 7 heteroatoms. The van der Waals surface area contributed by atoms with E-state index in [9.17, 15) is 4.79 Å². The van der Waals surface area contributed by atoms with Crippen LogP contribution in [0.1, 0.15) is 16.1 Å². The lowest BCUT2D eigenvalue weighted by Crippen LogP contribution is -2.23. The number of nitrogens with one attached hydrogen (secondary N) is 1. The van der Waals surface area contributed by atoms with Gasteiger partial charge in [-0.3, -0.25) is 19.7 Å². The summed E-state index contributed by atoms with van der Waals surface area (Å²) in [6, 6.07) is 18.7. The first-order chi connectivity index (χ1) is 15.3. The van der Waals surface area contributed by atoms with Gasteiger partial charge in [0.05, 0.1) is 23.3 Å². The van der Waals surface area contributed by atoms with Gasteiger partial charge in [0, 0.05) is 41.5 Å². The summed E-state index contributed by atoms with van der Waals surface area (Å²) in [5.41, 5.74) is 4.32. The fraction of sp³-hybridized carbons (Fsp3) is 0.0417. The highest BCUT2D eigenvalue weighted by Crippen LogP contribution is 2.29. The molecule has 150 valence electrons. The molecule has 5 aromatic rings. The highest BCUT2D eigenvalue weighted by molar-refractivity contribution is 6.01. The lowest BCUT2D eigenvalue weighted by Gasteiger charge is -2.09. The third-order valence-electron chi connectivity index (χ3n) is 4.90. The van der Waals surface area contributed by atoms with E-state index in [0.29, 0.717) is 28.2 Å². The van der Waals surface area contributed by atoms with Crippen molar-refractivity contribution in [2.75, 3.05) is 0 Å². The van der Waals surface area contributed by atoms with Gasteiger partial charge in [0.15, 0.2) is 5.76 Å². The Balaban J connectivity index is 1.40. The zero-order chi connectivity index (χ0) is 21.0. The van der Waals surface area contributed by atoms with E-state index in [4.69, 9.17) is 4.52 Å². The number of benzene rings is 2. The first-order valence-electron chi connectivity index (χ1n) is 9.73. The highest BCUT2D eigenvalue weighted by Gasteiger charge is 2.15. The summed E-state index contributed by atoms with van der Waals surface area (Å²) >= 11 is 0. The van der Waals surface area contributed by atoms with Gasteiger partial charge in [-0.2, -0.15) is 0 Å². The van der Waals surface area contributed by atoms with E-state index >= 15 is 0 Å². The number of rotatable bonds is 5. The smallest absolute Gasteiger partial charge is 0.251 e. The van der Waals surface area contributed by atoms with E-state index in [1.165, 1.54) is 0 Å². The molecule has 1 N–H and O–H groups in total. The number of amides is 1. The van der Waals surface area contributed by atoms with Crippen molar-refractivity contribution < 1.29 is 9.32 Å². The second kappa shape index (κ2) is 8.16. The van der Waals surface area contributed by atoms with Crippen molar-refractivity contribution in [3.8, 4) is 22.6 Å². The molecule has 0 aliphatic carbocycles. The van der Waals surface area contributed by atoms with Crippen molar-refractivity contribution in [3.63, 3.8) is 0 Å². The molecule has 7 nitrogen and oxygen atoms in total. The Morgan fingerprint density at radius 1 is 0.903 bits per heavy atom. The zero-order valence-corrected chi connectivity index (χ0v) is 16.4. The van der Waals surface area contributed by atoms with Crippen molar-refractivity contribution in [2.45, 2.75) is 6.54 Å². The Morgan fingerprint density at radius 2 is 1.74 bits per heavy atom. The normalized spacial score (nSPS) is 10.8. The fourth-order valence-corrected chi connectivity index (χ4v) is 3.39. The molecule has 0 aliphatic rings. The van der Waals surface area contributed by atoms with Crippen LogP contribution in [0.25, 0.3) is 33.5 Å². The molecule has 2 aromatic carbocycles. The zero-order valence-electron chi connectivity index (χ0n) is 16.4. The average molecular weight is 407 g/mol. The Kier molecular flexibility index (Phi) is 4.90. The van der Waals surface area contributed by atoms with Crippen LogP contribution in [-0.4, -0.2) is 26.0 Å². The first kappa shape index (κ1) is 18.6. The van der Waals surface area contributed by atoms with Gasteiger partial charge in [-0.15, -0.1) is 0 Å². The molecular weight excluding hydrogens is 390 g/mol. The van der Waals surface area contributed by atoms with E-state index in [1.54, 1.807) is 43.0 Å². The van der Waals surface area contributed by atoms with Crippen molar-refractivity contribution in [3.05, 3.63) is 96.7 Å². The van der Waals surface area contributed by atoms with Crippen LogP contribution >= 0.6 is 0 Å². The van der Waals surface area contributed by atoms with Crippen molar-refractivity contribution >= 4 is 16.8 Å². The fourth-order valence-electron chi connectivity index (χ4n) is 3.39. The van der Waals surface area contributed by atoms with Crippen molar-refractivity contribution in [1.82, 2.24) is 25.4 Å². The maximum absolute atomic E-state index is 12.9. The standard InChI is InChI=1S/C24H17N5O2/c30-24(28-15-21-22(27-12-11-26-21)18-7-4-10-25-14-18)17-8-9-20-19(13-17)23(31-29-20)16-5-2-1-3-6-16/h1-14H,15H2,(H,28,30). The van der Waals surface area contributed by atoms with Gasteiger partial charge < -0.3 is 9.84 Å². The van der Waals surface area contributed by atoms with E-state index in [-0.39, 0.29) is 12.5 Å². The molecule has 0 spiro atoms. The molecule has 5 rings (SSSR count). The van der Waals surface area contributed by atoms with Gasteiger partial charge in [-0.05, 0) is 30.3 Å². The maximum Gasteiger partial charge on any atom is 0.251 e. The van der Waals surface area contributed by atoms with Gasteiger partial charge in [-0.1, -0.05) is 35.5 Å². The van der Waals surface area contributed by atoms with Crippen LogP contribution in [0.2, 0.25) is 0 Å². The number of carbonyl (C=O) groups is 1. The molecular formula is C24H17N5O2. The molecule has 0 fully saturated rings. The van der Waals surface area contributed by atoms with E-state index in [2.05, 4.69) is 25.4 Å². The van der Waals surface area contributed by atoms with E-state index in [0.717, 1.165) is 16.5 Å². The summed E-state index contributed by atoms with van der Waals surface area (Å²) in [5.74, 6) is 0.419. The summed E-state index contributed by atoms with van der Waals surface area (Å²) in [5, 5.41) is 7.82. The monoisotopic (exact) mass is 407 g/mol. The molecule has 0 saturated heterocycles. The topological polar surface area (TPSA) is 93.8 Å². The molecule has 3 heterocycles. The summed E-state index contributed by atoms with van der Waals surface area (Å²) in [7, 11) is 0. The molecule has 0 aliphatic heterocycles. The highest BCUT2D eigenvalue weighted by atomic mass is 16.5. The molecule has 31 heavy (non-hydrogen) atoms. The Hall–Kier alpha value is -4.39. The second-order valence-corrected chi connectivity index (χ2v) is 6.89. The molecule has 0 radical (unpaired) electrons. The quantitative estimate of drug-likeness (QED) is 0.467. The molecule has 0 atom stereocenters. The lowest BCUT2D eigenvalue weighted by atomic mass is 10.1. The minimum absolute atomic E-state index is 0.218. The molecule has 0 unspecified atom stereocenters. The number of nitrogens with zero attached hydrogens (tertiary/aromatic N) is 4. The number of pyridine rings is 1. The summed E-state index contributed by atoms with van der Waals surface area (Å²) in [6.45, 7) is 0.240. The van der Waals surface area contributed by atoms with Crippen molar-refractivity contribution in [1.29, 1.82) is 0 Å². The van der Waals surface area contributed by atoms with Crippen LogP contribution in [0, 0.1) is 0 Å². The van der Waals surface area contributed by atoms with Gasteiger partial charge in [0.1, 0.15) is 5.52 Å². The second-order valence-electron chi connectivity index (χ2n) is 6.89. The van der Waals surface area contributed by atoms with Gasteiger partial charge in [0.25, 0.3) is 5.91 Å². The van der Waals surface area contributed by atoms with Crippen LogP contribution in [0.3, 0.4) is 0 Å². The Morgan fingerprint density at radius 3 is 2.58 bits per heavy atom. The van der Waals surface area contributed by atoms with Crippen LogP contribution in [0.15, 0.2) is 90.0 Å². The third-order valence-corrected chi connectivity index (χ3v) is 4.90. The number of carbonyl (C=O) groups excluding carboxylic acids is 1. The molecule has 0 saturated carbocycles. The number of aromatic nitrogens is 4. The largest absolute Gasteiger partial charge is 0.355 e. The van der Waals surface area contributed by atoms with Gasteiger partial charge >= 0.3 is 0 Å². The SMILES string of the molecule is O=C(NCc1nccnc1-c1cccnc1)c1ccc2noc(-c3ccccc3)c2c1. The Labute approximate surface area is 177 Å². The van der Waals surface area contributed by atoms with E-state index in [1.807, 2.05) is 42.5 Å². The summed E-state index contributed by atoms with van der Waals surface area (Å²) in [6.07, 6.45) is 6.65.